The highest BCUT2D eigenvalue weighted by Gasteiger charge is 2.25. The quantitative estimate of drug-likeness (QED) is 0.564. The van der Waals surface area contributed by atoms with Gasteiger partial charge in [-0.15, -0.1) is 0 Å². The average molecular weight is 418 g/mol. The van der Waals surface area contributed by atoms with E-state index in [2.05, 4.69) is 33.8 Å². The number of aromatic nitrogens is 1. The van der Waals surface area contributed by atoms with Crippen molar-refractivity contribution in [3.8, 4) is 5.75 Å². The number of ether oxygens (including phenoxy) is 1. The molecule has 1 unspecified atom stereocenters. The van der Waals surface area contributed by atoms with Gasteiger partial charge >= 0.3 is 0 Å². The van der Waals surface area contributed by atoms with E-state index in [4.69, 9.17) is 4.74 Å². The van der Waals surface area contributed by atoms with Crippen molar-refractivity contribution in [1.82, 2.24) is 10.3 Å². The number of hydrogen-bond donors (Lipinski definition) is 2. The fourth-order valence-corrected chi connectivity index (χ4v) is 4.62. The van der Waals surface area contributed by atoms with E-state index in [1.165, 1.54) is 5.56 Å². The summed E-state index contributed by atoms with van der Waals surface area (Å²) in [4.78, 5) is 16.1. The van der Waals surface area contributed by atoms with Gasteiger partial charge in [0.05, 0.1) is 12.1 Å². The topological polar surface area (TPSA) is 63.2 Å². The van der Waals surface area contributed by atoms with Gasteiger partial charge in [-0.2, -0.15) is 0 Å². The third kappa shape index (κ3) is 5.42. The normalized spacial score (nSPS) is 15.5. The predicted octanol–water partition coefficient (Wildman–Crippen LogP) is 5.05. The Balaban J connectivity index is 1.51. The number of amides is 1. The molecule has 0 saturated carbocycles. The third-order valence-electron chi connectivity index (χ3n) is 6.11. The van der Waals surface area contributed by atoms with Crippen molar-refractivity contribution in [2.24, 2.45) is 5.92 Å². The summed E-state index contributed by atoms with van der Waals surface area (Å²) in [6.45, 7) is 6.31. The lowest BCUT2D eigenvalue weighted by atomic mass is 9.78. The first kappa shape index (κ1) is 21.3. The zero-order valence-corrected chi connectivity index (χ0v) is 18.4. The molecule has 4 rings (SSSR count). The van der Waals surface area contributed by atoms with Gasteiger partial charge in [-0.05, 0) is 93.1 Å². The Labute approximate surface area is 184 Å². The van der Waals surface area contributed by atoms with Crippen LogP contribution in [0.5, 0.6) is 5.75 Å². The molecule has 2 aromatic carbocycles. The minimum Gasteiger partial charge on any atom is -0.493 e. The molecule has 1 aromatic heterocycles. The number of pyridine rings is 1. The maximum atomic E-state index is 11.5. The van der Waals surface area contributed by atoms with Crippen LogP contribution in [-0.2, 0) is 4.79 Å². The molecule has 0 aliphatic carbocycles. The van der Waals surface area contributed by atoms with Gasteiger partial charge in [0, 0.05) is 23.7 Å². The lowest BCUT2D eigenvalue weighted by molar-refractivity contribution is -0.114. The van der Waals surface area contributed by atoms with Crippen LogP contribution >= 0.6 is 0 Å². The summed E-state index contributed by atoms with van der Waals surface area (Å²) in [6, 6.07) is 18.5. The zero-order valence-electron chi connectivity index (χ0n) is 18.4. The van der Waals surface area contributed by atoms with Crippen molar-refractivity contribution >= 4 is 22.5 Å². The van der Waals surface area contributed by atoms with E-state index in [0.717, 1.165) is 60.4 Å². The minimum absolute atomic E-state index is 0.0429. The number of piperidine rings is 1. The Bertz CT molecular complexity index is 1040. The summed E-state index contributed by atoms with van der Waals surface area (Å²) in [5, 5.41) is 7.44. The molecule has 5 heteroatoms. The second-order valence-corrected chi connectivity index (χ2v) is 8.41. The fourth-order valence-electron chi connectivity index (χ4n) is 4.62. The van der Waals surface area contributed by atoms with Crippen LogP contribution in [0.15, 0.2) is 54.6 Å². The van der Waals surface area contributed by atoms with Crippen LogP contribution in [0.25, 0.3) is 10.9 Å². The second-order valence-electron chi connectivity index (χ2n) is 8.41. The first-order valence-corrected chi connectivity index (χ1v) is 11.2. The van der Waals surface area contributed by atoms with Crippen LogP contribution in [0.3, 0.4) is 0 Å². The molecule has 1 saturated heterocycles. The highest BCUT2D eigenvalue weighted by Crippen LogP contribution is 2.35. The van der Waals surface area contributed by atoms with Gasteiger partial charge in [0.15, 0.2) is 0 Å². The Morgan fingerprint density at radius 1 is 1.16 bits per heavy atom. The van der Waals surface area contributed by atoms with Crippen LogP contribution in [0, 0.1) is 12.8 Å². The second kappa shape index (κ2) is 9.92. The highest BCUT2D eigenvalue weighted by atomic mass is 16.5. The average Bonchev–Trinajstić information content (AvgIpc) is 2.77. The SMILES string of the molecule is CC(=O)Nc1cccc(C(CCOc2cccc3nc(C)ccc23)C2CCNCC2)c1. The monoisotopic (exact) mass is 417 g/mol. The van der Waals surface area contributed by atoms with E-state index in [1.54, 1.807) is 6.92 Å². The van der Waals surface area contributed by atoms with E-state index in [9.17, 15) is 4.79 Å². The molecule has 0 radical (unpaired) electrons. The van der Waals surface area contributed by atoms with Gasteiger partial charge in [-0.1, -0.05) is 18.2 Å². The molecular formula is C26H31N3O2. The van der Waals surface area contributed by atoms with Crippen molar-refractivity contribution in [3.05, 3.63) is 65.9 Å². The molecule has 1 aliphatic rings. The van der Waals surface area contributed by atoms with Crippen LogP contribution in [0.4, 0.5) is 5.69 Å². The number of fused-ring (bicyclic) bond motifs is 1. The van der Waals surface area contributed by atoms with Gasteiger partial charge < -0.3 is 15.4 Å². The number of carbonyl (C=O) groups excluding carboxylic acids is 1. The first-order valence-electron chi connectivity index (χ1n) is 11.2. The highest BCUT2D eigenvalue weighted by molar-refractivity contribution is 5.88. The fraction of sp³-hybridized carbons (Fsp3) is 0.385. The number of nitrogens with zero attached hydrogens (tertiary/aromatic N) is 1. The number of aryl methyl sites for hydroxylation is 1. The molecule has 31 heavy (non-hydrogen) atoms. The van der Waals surface area contributed by atoms with E-state index < -0.39 is 0 Å². The molecule has 3 aromatic rings. The van der Waals surface area contributed by atoms with Crippen LogP contribution < -0.4 is 15.4 Å². The lowest BCUT2D eigenvalue weighted by Gasteiger charge is -2.31. The van der Waals surface area contributed by atoms with Gasteiger partial charge in [-0.3, -0.25) is 9.78 Å². The van der Waals surface area contributed by atoms with Gasteiger partial charge in [-0.25, -0.2) is 0 Å². The number of hydrogen-bond acceptors (Lipinski definition) is 4. The number of carbonyl (C=O) groups is 1. The molecular weight excluding hydrogens is 386 g/mol. The smallest absolute Gasteiger partial charge is 0.221 e. The maximum absolute atomic E-state index is 11.5. The maximum Gasteiger partial charge on any atom is 0.221 e. The summed E-state index contributed by atoms with van der Waals surface area (Å²) in [6.07, 6.45) is 3.25. The van der Waals surface area contributed by atoms with Crippen molar-refractivity contribution in [2.75, 3.05) is 25.0 Å². The van der Waals surface area contributed by atoms with Crippen molar-refractivity contribution in [3.63, 3.8) is 0 Å². The van der Waals surface area contributed by atoms with E-state index >= 15 is 0 Å². The molecule has 1 amide bonds. The zero-order chi connectivity index (χ0) is 21.6. The molecule has 5 nitrogen and oxygen atoms in total. The number of anilines is 1. The molecule has 2 heterocycles. The minimum atomic E-state index is -0.0429. The van der Waals surface area contributed by atoms with Gasteiger partial charge in [0.2, 0.25) is 5.91 Å². The van der Waals surface area contributed by atoms with Crippen molar-refractivity contribution < 1.29 is 9.53 Å². The summed E-state index contributed by atoms with van der Waals surface area (Å²) in [7, 11) is 0. The predicted molar refractivity (Wildman–Crippen MR) is 126 cm³/mol. The number of benzene rings is 2. The Kier molecular flexibility index (Phi) is 6.82. The number of rotatable bonds is 7. The Morgan fingerprint density at radius 2 is 1.97 bits per heavy atom. The standard InChI is InChI=1S/C26H31N3O2/c1-18-9-10-24-25(28-18)7-4-8-26(24)31-16-13-23(20-11-14-27-15-12-20)21-5-3-6-22(17-21)29-19(2)30/h3-10,17,20,23,27H,11-16H2,1-2H3,(H,29,30). The molecule has 162 valence electrons. The van der Waals surface area contributed by atoms with E-state index in [-0.39, 0.29) is 5.91 Å². The molecule has 1 aliphatic heterocycles. The van der Waals surface area contributed by atoms with Crippen LogP contribution in [0.2, 0.25) is 0 Å². The van der Waals surface area contributed by atoms with Gasteiger partial charge in [0.1, 0.15) is 5.75 Å². The molecule has 1 fully saturated rings. The molecule has 1 atom stereocenters. The summed E-state index contributed by atoms with van der Waals surface area (Å²) in [5.41, 5.74) is 4.11. The van der Waals surface area contributed by atoms with Crippen molar-refractivity contribution in [1.29, 1.82) is 0 Å². The third-order valence-corrected chi connectivity index (χ3v) is 6.11. The lowest BCUT2D eigenvalue weighted by Crippen LogP contribution is -2.31. The molecule has 0 spiro atoms. The Hall–Kier alpha value is -2.92. The summed E-state index contributed by atoms with van der Waals surface area (Å²) >= 11 is 0. The number of nitrogens with one attached hydrogen (secondary N) is 2. The van der Waals surface area contributed by atoms with Crippen molar-refractivity contribution in [2.45, 2.75) is 39.0 Å². The largest absolute Gasteiger partial charge is 0.493 e. The Morgan fingerprint density at radius 3 is 2.77 bits per heavy atom. The molecule has 2 N–H and O–H groups in total. The first-order chi connectivity index (χ1) is 15.1. The van der Waals surface area contributed by atoms with E-state index in [1.807, 2.05) is 43.3 Å². The van der Waals surface area contributed by atoms with Crippen LogP contribution in [0.1, 0.15) is 43.4 Å². The summed E-state index contributed by atoms with van der Waals surface area (Å²) < 4.78 is 6.27. The summed E-state index contributed by atoms with van der Waals surface area (Å²) in [5.74, 6) is 1.85. The van der Waals surface area contributed by atoms with Gasteiger partial charge in [0.25, 0.3) is 0 Å². The molecule has 0 bridgehead atoms. The van der Waals surface area contributed by atoms with Crippen LogP contribution in [-0.4, -0.2) is 30.6 Å². The van der Waals surface area contributed by atoms with E-state index in [0.29, 0.717) is 18.4 Å².